The number of ketones is 2. The summed E-state index contributed by atoms with van der Waals surface area (Å²) in [6.45, 7) is 2.89. The Morgan fingerprint density at radius 2 is 1.82 bits per heavy atom. The average Bonchev–Trinajstić information content (AvgIpc) is 2.15. The van der Waals surface area contributed by atoms with Crippen LogP contribution in [0.2, 0.25) is 0 Å². The fraction of sp³-hybridized carbons (Fsp3) is 0.250. The van der Waals surface area contributed by atoms with Crippen LogP contribution in [0.5, 0.6) is 0 Å². The van der Waals surface area contributed by atoms with Crippen LogP contribution in [0.1, 0.15) is 39.6 Å². The minimum Gasteiger partial charge on any atom is -0.478 e. The second-order valence-electron chi connectivity index (χ2n) is 3.86. The van der Waals surface area contributed by atoms with E-state index in [1.165, 1.54) is 19.1 Å². The summed E-state index contributed by atoms with van der Waals surface area (Å²) in [7, 11) is 0. The Morgan fingerprint density at radius 1 is 1.24 bits per heavy atom. The third-order valence-electron chi connectivity index (χ3n) is 2.34. The molecule has 0 aliphatic rings. The van der Waals surface area contributed by atoms with Gasteiger partial charge in [0, 0.05) is 11.3 Å². The molecule has 3 N–H and O–H groups in total. The third-order valence-corrected chi connectivity index (χ3v) is 2.34. The minimum absolute atomic E-state index is 0.0195. The number of hydrogen-bond acceptors (Lipinski definition) is 4. The Kier molecular flexibility index (Phi) is 3.62. The number of aryl methyl sites for hydroxylation is 1. The number of benzene rings is 1. The predicted molar refractivity (Wildman–Crippen MR) is 62.2 cm³/mol. The Hall–Kier alpha value is -2.17. The first-order chi connectivity index (χ1) is 7.82. The summed E-state index contributed by atoms with van der Waals surface area (Å²) < 4.78 is 0. The van der Waals surface area contributed by atoms with E-state index in [-0.39, 0.29) is 29.0 Å². The molecular formula is C12H13NO4. The normalized spacial score (nSPS) is 10.0. The summed E-state index contributed by atoms with van der Waals surface area (Å²) in [5.41, 5.74) is 6.42. The lowest BCUT2D eigenvalue weighted by atomic mass is 9.98. The SMILES string of the molecule is CC(=O)CC(=O)c1cc(C(=O)O)c(C)cc1N. The molecule has 0 unspecified atom stereocenters. The van der Waals surface area contributed by atoms with Gasteiger partial charge in [-0.3, -0.25) is 9.59 Å². The van der Waals surface area contributed by atoms with Crippen molar-refractivity contribution in [1.29, 1.82) is 0 Å². The second-order valence-corrected chi connectivity index (χ2v) is 3.86. The van der Waals surface area contributed by atoms with Gasteiger partial charge in [-0.25, -0.2) is 4.79 Å². The summed E-state index contributed by atoms with van der Waals surface area (Å²) >= 11 is 0. The molecule has 1 aromatic carbocycles. The van der Waals surface area contributed by atoms with Crippen LogP contribution < -0.4 is 5.73 Å². The quantitative estimate of drug-likeness (QED) is 0.467. The number of hydrogen-bond donors (Lipinski definition) is 2. The van der Waals surface area contributed by atoms with Gasteiger partial charge in [0.25, 0.3) is 0 Å². The predicted octanol–water partition coefficient (Wildman–Crippen LogP) is 1.44. The molecule has 0 radical (unpaired) electrons. The maximum absolute atomic E-state index is 11.7. The first-order valence-corrected chi connectivity index (χ1v) is 4.99. The summed E-state index contributed by atoms with van der Waals surface area (Å²) in [4.78, 5) is 33.4. The van der Waals surface area contributed by atoms with E-state index in [1.807, 2.05) is 0 Å². The monoisotopic (exact) mass is 235 g/mol. The van der Waals surface area contributed by atoms with Gasteiger partial charge in [-0.2, -0.15) is 0 Å². The molecule has 90 valence electrons. The fourth-order valence-corrected chi connectivity index (χ4v) is 1.52. The topological polar surface area (TPSA) is 97.5 Å². The van der Waals surface area contributed by atoms with Gasteiger partial charge in [-0.15, -0.1) is 0 Å². The number of carbonyl (C=O) groups excluding carboxylic acids is 2. The highest BCUT2D eigenvalue weighted by molar-refractivity contribution is 6.11. The number of aromatic carboxylic acids is 1. The highest BCUT2D eigenvalue weighted by atomic mass is 16.4. The zero-order chi connectivity index (χ0) is 13.2. The van der Waals surface area contributed by atoms with Crippen molar-refractivity contribution in [3.63, 3.8) is 0 Å². The van der Waals surface area contributed by atoms with E-state index < -0.39 is 11.8 Å². The molecule has 0 saturated heterocycles. The molecule has 5 nitrogen and oxygen atoms in total. The molecular weight excluding hydrogens is 222 g/mol. The van der Waals surface area contributed by atoms with Gasteiger partial charge < -0.3 is 10.8 Å². The molecule has 0 aromatic heterocycles. The molecule has 0 saturated carbocycles. The van der Waals surface area contributed by atoms with Crippen molar-refractivity contribution in [3.05, 3.63) is 28.8 Å². The zero-order valence-electron chi connectivity index (χ0n) is 9.61. The number of nitrogens with two attached hydrogens (primary N) is 1. The Labute approximate surface area is 98.2 Å². The molecule has 0 heterocycles. The van der Waals surface area contributed by atoms with Gasteiger partial charge in [0.1, 0.15) is 5.78 Å². The van der Waals surface area contributed by atoms with Gasteiger partial charge in [-0.1, -0.05) is 0 Å². The number of anilines is 1. The van der Waals surface area contributed by atoms with Crippen LogP contribution in [0.4, 0.5) is 5.69 Å². The lowest BCUT2D eigenvalue weighted by Crippen LogP contribution is -2.11. The van der Waals surface area contributed by atoms with Gasteiger partial charge in [0.05, 0.1) is 12.0 Å². The van der Waals surface area contributed by atoms with Crippen molar-refractivity contribution >= 4 is 23.2 Å². The van der Waals surface area contributed by atoms with Gasteiger partial charge in [0.2, 0.25) is 0 Å². The molecule has 0 atom stereocenters. The first-order valence-electron chi connectivity index (χ1n) is 4.99. The van der Waals surface area contributed by atoms with E-state index >= 15 is 0 Å². The van der Waals surface area contributed by atoms with E-state index in [9.17, 15) is 14.4 Å². The Morgan fingerprint density at radius 3 is 2.29 bits per heavy atom. The number of rotatable bonds is 4. The molecule has 0 fully saturated rings. The van der Waals surface area contributed by atoms with E-state index in [0.29, 0.717) is 5.56 Å². The highest BCUT2D eigenvalue weighted by Crippen LogP contribution is 2.20. The van der Waals surface area contributed by atoms with Gasteiger partial charge in [0.15, 0.2) is 5.78 Å². The van der Waals surface area contributed by atoms with Crippen molar-refractivity contribution in [2.45, 2.75) is 20.3 Å². The fourth-order valence-electron chi connectivity index (χ4n) is 1.52. The maximum Gasteiger partial charge on any atom is 0.335 e. The van der Waals surface area contributed by atoms with E-state index in [1.54, 1.807) is 6.92 Å². The number of carbonyl (C=O) groups is 3. The smallest absolute Gasteiger partial charge is 0.335 e. The molecule has 1 aromatic rings. The van der Waals surface area contributed by atoms with Crippen LogP contribution in [0.25, 0.3) is 0 Å². The summed E-state index contributed by atoms with van der Waals surface area (Å²) in [6.07, 6.45) is -0.272. The molecule has 17 heavy (non-hydrogen) atoms. The van der Waals surface area contributed by atoms with Crippen molar-refractivity contribution in [3.8, 4) is 0 Å². The van der Waals surface area contributed by atoms with Crippen molar-refractivity contribution in [1.82, 2.24) is 0 Å². The number of carboxylic acids is 1. The van der Waals surface area contributed by atoms with Crippen molar-refractivity contribution in [2.75, 3.05) is 5.73 Å². The number of carboxylic acid groups (broad SMARTS) is 1. The third kappa shape index (κ3) is 2.90. The van der Waals surface area contributed by atoms with Crippen molar-refractivity contribution in [2.24, 2.45) is 0 Å². The molecule has 0 amide bonds. The zero-order valence-corrected chi connectivity index (χ0v) is 9.61. The van der Waals surface area contributed by atoms with E-state index in [4.69, 9.17) is 10.8 Å². The molecule has 0 aliphatic carbocycles. The van der Waals surface area contributed by atoms with Crippen LogP contribution in [0.3, 0.4) is 0 Å². The summed E-state index contributed by atoms with van der Waals surface area (Å²) in [5, 5.41) is 8.93. The summed E-state index contributed by atoms with van der Waals surface area (Å²) in [5.74, 6) is -1.87. The van der Waals surface area contributed by atoms with Crippen molar-refractivity contribution < 1.29 is 19.5 Å². The van der Waals surface area contributed by atoms with Crippen LogP contribution in [-0.4, -0.2) is 22.6 Å². The molecule has 0 spiro atoms. The molecule has 5 heteroatoms. The van der Waals surface area contributed by atoms with E-state index in [0.717, 1.165) is 0 Å². The lowest BCUT2D eigenvalue weighted by Gasteiger charge is -2.08. The maximum atomic E-state index is 11.7. The first kappa shape index (κ1) is 12.9. The molecule has 0 bridgehead atoms. The number of Topliss-reactive ketones (excluding diaryl/α,β-unsaturated/α-hetero) is 2. The highest BCUT2D eigenvalue weighted by Gasteiger charge is 2.16. The summed E-state index contributed by atoms with van der Waals surface area (Å²) in [6, 6.07) is 2.65. The standard InChI is InChI=1S/C12H13NO4/c1-6-3-10(13)9(5-8(6)12(16)17)11(15)4-7(2)14/h3,5H,4,13H2,1-2H3,(H,16,17). The average molecular weight is 235 g/mol. The number of nitrogen functional groups attached to an aromatic ring is 1. The molecule has 1 rings (SSSR count). The second kappa shape index (κ2) is 4.78. The Balaban J connectivity index is 3.25. The largest absolute Gasteiger partial charge is 0.478 e. The van der Waals surface area contributed by atoms with Crippen LogP contribution in [0.15, 0.2) is 12.1 Å². The van der Waals surface area contributed by atoms with Crippen LogP contribution >= 0.6 is 0 Å². The van der Waals surface area contributed by atoms with E-state index in [2.05, 4.69) is 0 Å². The van der Waals surface area contributed by atoms with Gasteiger partial charge in [-0.05, 0) is 31.5 Å². The van der Waals surface area contributed by atoms with Crippen LogP contribution in [-0.2, 0) is 4.79 Å². The minimum atomic E-state index is -1.13. The Bertz CT molecular complexity index is 505. The molecule has 0 aliphatic heterocycles. The van der Waals surface area contributed by atoms with Crippen LogP contribution in [0, 0.1) is 6.92 Å². The lowest BCUT2D eigenvalue weighted by molar-refractivity contribution is -0.116. The van der Waals surface area contributed by atoms with Gasteiger partial charge >= 0.3 is 5.97 Å².